The van der Waals surface area contributed by atoms with Gasteiger partial charge in [-0.1, -0.05) is 24.3 Å². The molecule has 0 fully saturated rings. The van der Waals surface area contributed by atoms with Crippen LogP contribution in [0.5, 0.6) is 0 Å². The van der Waals surface area contributed by atoms with Gasteiger partial charge in [0.05, 0.1) is 11.0 Å². The second-order valence-electron chi connectivity index (χ2n) is 3.77. The molecule has 0 unspecified atom stereocenters. The molecule has 0 saturated carbocycles. The summed E-state index contributed by atoms with van der Waals surface area (Å²) < 4.78 is 2.09. The first-order valence-electron chi connectivity index (χ1n) is 5.59. The predicted molar refractivity (Wildman–Crippen MR) is 68.6 cm³/mol. The maximum absolute atomic E-state index is 4.54. The number of hydrogen-bond donors (Lipinski definition) is 1. The van der Waals surface area contributed by atoms with Gasteiger partial charge < -0.3 is 9.88 Å². The summed E-state index contributed by atoms with van der Waals surface area (Å²) in [5.74, 6) is 0.936. The average Bonchev–Trinajstić information content (AvgIpc) is 2.63. The number of allylic oxidation sites excluding steroid dienone is 1. The molecule has 0 aliphatic rings. The molecule has 0 aliphatic heterocycles. The summed E-state index contributed by atoms with van der Waals surface area (Å²) in [6.45, 7) is 2.95. The molecule has 2 aromatic rings. The van der Waals surface area contributed by atoms with Gasteiger partial charge in [-0.3, -0.25) is 0 Å². The Morgan fingerprint density at radius 2 is 2.19 bits per heavy atom. The van der Waals surface area contributed by atoms with Crippen LogP contribution in [0.3, 0.4) is 0 Å². The van der Waals surface area contributed by atoms with Crippen LogP contribution in [0, 0.1) is 0 Å². The molecule has 0 atom stereocenters. The van der Waals surface area contributed by atoms with E-state index in [1.807, 2.05) is 32.2 Å². The van der Waals surface area contributed by atoms with E-state index < -0.39 is 0 Å². The smallest absolute Gasteiger partial charge is 0.203 e. The van der Waals surface area contributed by atoms with E-state index in [0.29, 0.717) is 0 Å². The van der Waals surface area contributed by atoms with Crippen LogP contribution in [0.25, 0.3) is 11.0 Å². The molecule has 3 heteroatoms. The van der Waals surface area contributed by atoms with Crippen LogP contribution in [0.4, 0.5) is 5.95 Å². The molecule has 0 aliphatic carbocycles. The number of nitrogens with one attached hydrogen (secondary N) is 1. The van der Waals surface area contributed by atoms with Crippen LogP contribution < -0.4 is 5.32 Å². The van der Waals surface area contributed by atoms with E-state index in [0.717, 1.165) is 29.9 Å². The molecular weight excluding hydrogens is 198 g/mol. The second kappa shape index (κ2) is 4.84. The van der Waals surface area contributed by atoms with Crippen molar-refractivity contribution in [1.82, 2.24) is 9.55 Å². The molecule has 16 heavy (non-hydrogen) atoms. The lowest BCUT2D eigenvalue weighted by molar-refractivity contribution is 0.920. The molecule has 1 N–H and O–H groups in total. The number of fused-ring (bicyclic) bond motifs is 1. The van der Waals surface area contributed by atoms with E-state index in [1.54, 1.807) is 0 Å². The van der Waals surface area contributed by atoms with Crippen molar-refractivity contribution in [2.24, 2.45) is 7.05 Å². The first kappa shape index (κ1) is 10.7. The van der Waals surface area contributed by atoms with Crippen LogP contribution >= 0.6 is 0 Å². The number of benzene rings is 1. The van der Waals surface area contributed by atoms with Gasteiger partial charge in [0.1, 0.15) is 0 Å². The fourth-order valence-corrected chi connectivity index (χ4v) is 1.74. The number of aryl methyl sites for hydroxylation is 1. The summed E-state index contributed by atoms with van der Waals surface area (Å²) in [6, 6.07) is 8.17. The SMILES string of the molecule is C/C=C/CCNc1nc2ccccc2n1C. The third-order valence-corrected chi connectivity index (χ3v) is 2.62. The summed E-state index contributed by atoms with van der Waals surface area (Å²) in [4.78, 5) is 4.54. The summed E-state index contributed by atoms with van der Waals surface area (Å²) in [5, 5.41) is 3.34. The van der Waals surface area contributed by atoms with E-state index in [9.17, 15) is 0 Å². The van der Waals surface area contributed by atoms with Gasteiger partial charge in [0.25, 0.3) is 0 Å². The fraction of sp³-hybridized carbons (Fsp3) is 0.308. The fourth-order valence-electron chi connectivity index (χ4n) is 1.74. The summed E-state index contributed by atoms with van der Waals surface area (Å²) in [5.41, 5.74) is 2.20. The monoisotopic (exact) mass is 215 g/mol. The van der Waals surface area contributed by atoms with Crippen LogP contribution in [-0.2, 0) is 7.05 Å². The van der Waals surface area contributed by atoms with Crippen molar-refractivity contribution in [3.63, 3.8) is 0 Å². The number of imidazole rings is 1. The highest BCUT2D eigenvalue weighted by Crippen LogP contribution is 2.17. The molecule has 3 nitrogen and oxygen atoms in total. The minimum Gasteiger partial charge on any atom is -0.355 e. The van der Waals surface area contributed by atoms with Crippen molar-refractivity contribution in [3.8, 4) is 0 Å². The molecule has 1 aromatic carbocycles. The van der Waals surface area contributed by atoms with E-state index in [2.05, 4.69) is 33.1 Å². The zero-order chi connectivity index (χ0) is 11.4. The molecular formula is C13H17N3. The van der Waals surface area contributed by atoms with Gasteiger partial charge in [-0.2, -0.15) is 0 Å². The van der Waals surface area contributed by atoms with Crippen molar-refractivity contribution < 1.29 is 0 Å². The van der Waals surface area contributed by atoms with E-state index in [4.69, 9.17) is 0 Å². The number of rotatable bonds is 4. The first-order valence-corrected chi connectivity index (χ1v) is 5.59. The molecule has 1 heterocycles. The molecule has 1 aromatic heterocycles. The Hall–Kier alpha value is -1.77. The largest absolute Gasteiger partial charge is 0.355 e. The summed E-state index contributed by atoms with van der Waals surface area (Å²) in [7, 11) is 2.04. The maximum atomic E-state index is 4.54. The highest BCUT2D eigenvalue weighted by molar-refractivity contribution is 5.78. The minimum absolute atomic E-state index is 0.918. The number of hydrogen-bond acceptors (Lipinski definition) is 2. The lowest BCUT2D eigenvalue weighted by Crippen LogP contribution is -2.05. The van der Waals surface area contributed by atoms with Gasteiger partial charge in [0.2, 0.25) is 5.95 Å². The third kappa shape index (κ3) is 2.08. The molecule has 0 saturated heterocycles. The molecule has 0 spiro atoms. The highest BCUT2D eigenvalue weighted by atomic mass is 15.2. The highest BCUT2D eigenvalue weighted by Gasteiger charge is 2.04. The van der Waals surface area contributed by atoms with Crippen LogP contribution in [0.2, 0.25) is 0 Å². The first-order chi connectivity index (χ1) is 7.83. The number of aromatic nitrogens is 2. The van der Waals surface area contributed by atoms with Gasteiger partial charge in [0, 0.05) is 13.6 Å². The van der Waals surface area contributed by atoms with Crippen LogP contribution in [-0.4, -0.2) is 16.1 Å². The lowest BCUT2D eigenvalue weighted by atomic mass is 10.3. The molecule has 0 bridgehead atoms. The lowest BCUT2D eigenvalue weighted by Gasteiger charge is -2.03. The van der Waals surface area contributed by atoms with Gasteiger partial charge in [-0.15, -0.1) is 0 Å². The Kier molecular flexibility index (Phi) is 3.25. The van der Waals surface area contributed by atoms with E-state index in [1.165, 1.54) is 0 Å². The van der Waals surface area contributed by atoms with Crippen molar-refractivity contribution >= 4 is 17.0 Å². The Morgan fingerprint density at radius 3 is 2.94 bits per heavy atom. The predicted octanol–water partition coefficient (Wildman–Crippen LogP) is 2.95. The topological polar surface area (TPSA) is 29.9 Å². The molecule has 84 valence electrons. The van der Waals surface area contributed by atoms with Crippen LogP contribution in [0.1, 0.15) is 13.3 Å². The van der Waals surface area contributed by atoms with Crippen LogP contribution in [0.15, 0.2) is 36.4 Å². The average molecular weight is 215 g/mol. The quantitative estimate of drug-likeness (QED) is 0.627. The zero-order valence-corrected chi connectivity index (χ0v) is 9.77. The third-order valence-electron chi connectivity index (χ3n) is 2.62. The Bertz CT molecular complexity index is 497. The number of nitrogens with zero attached hydrogens (tertiary/aromatic N) is 2. The Morgan fingerprint density at radius 1 is 1.38 bits per heavy atom. The standard InChI is InChI=1S/C13H17N3/c1-3-4-7-10-14-13-15-11-8-5-6-9-12(11)16(13)2/h3-6,8-9H,7,10H2,1-2H3,(H,14,15)/b4-3+. The van der Waals surface area contributed by atoms with Gasteiger partial charge >= 0.3 is 0 Å². The van der Waals surface area contributed by atoms with E-state index in [-0.39, 0.29) is 0 Å². The minimum atomic E-state index is 0.918. The summed E-state index contributed by atoms with van der Waals surface area (Å²) in [6.07, 6.45) is 5.24. The van der Waals surface area contributed by atoms with Gasteiger partial charge in [-0.25, -0.2) is 4.98 Å². The van der Waals surface area contributed by atoms with E-state index >= 15 is 0 Å². The van der Waals surface area contributed by atoms with Gasteiger partial charge in [-0.05, 0) is 25.5 Å². The van der Waals surface area contributed by atoms with Crippen molar-refractivity contribution in [2.75, 3.05) is 11.9 Å². The molecule has 2 rings (SSSR count). The van der Waals surface area contributed by atoms with Crippen molar-refractivity contribution in [3.05, 3.63) is 36.4 Å². The maximum Gasteiger partial charge on any atom is 0.203 e. The molecule has 0 amide bonds. The van der Waals surface area contributed by atoms with Crippen molar-refractivity contribution in [2.45, 2.75) is 13.3 Å². The normalized spacial score (nSPS) is 11.4. The summed E-state index contributed by atoms with van der Waals surface area (Å²) >= 11 is 0. The number of para-hydroxylation sites is 2. The number of anilines is 1. The second-order valence-corrected chi connectivity index (χ2v) is 3.77. The Balaban J connectivity index is 2.15. The van der Waals surface area contributed by atoms with Crippen molar-refractivity contribution in [1.29, 1.82) is 0 Å². The Labute approximate surface area is 95.8 Å². The zero-order valence-electron chi connectivity index (χ0n) is 9.77. The van der Waals surface area contributed by atoms with Gasteiger partial charge in [0.15, 0.2) is 0 Å². The molecule has 0 radical (unpaired) electrons.